The molecular formula is C16H15N5O3S. The van der Waals surface area contributed by atoms with Gasteiger partial charge in [0.2, 0.25) is 11.0 Å². The molecule has 0 radical (unpaired) electrons. The van der Waals surface area contributed by atoms with Crippen LogP contribution in [0.4, 0.5) is 5.13 Å². The number of nitrogens with one attached hydrogen (secondary N) is 1. The summed E-state index contributed by atoms with van der Waals surface area (Å²) in [4.78, 5) is 28.8. The number of rotatable bonds is 4. The van der Waals surface area contributed by atoms with Crippen molar-refractivity contribution in [2.24, 2.45) is 0 Å². The number of fused-ring (bicyclic) bond motifs is 1. The number of hydrogen-bond donors (Lipinski definition) is 1. The van der Waals surface area contributed by atoms with Gasteiger partial charge in [0, 0.05) is 6.61 Å². The topological polar surface area (TPSA) is 99.0 Å². The monoisotopic (exact) mass is 357 g/mol. The van der Waals surface area contributed by atoms with Crippen LogP contribution in [0, 0.1) is 0 Å². The Bertz CT molecular complexity index is 977. The standard InChI is InChI=1S/C16H15N5O3S/c22-13(18-16-20-19-14(25-16)12-6-3-7-24-12)8-21-9-17-11-5-2-1-4-10(11)15(21)23/h1-2,4-5,9,12H,3,6-8H2,(H,18,20,22)/t12-/m1/s1. The number of anilines is 1. The van der Waals surface area contributed by atoms with Gasteiger partial charge in [-0.15, -0.1) is 10.2 Å². The summed E-state index contributed by atoms with van der Waals surface area (Å²) in [5.41, 5.74) is 0.354. The number of benzene rings is 1. The Labute approximate surface area is 146 Å². The first-order chi connectivity index (χ1) is 12.2. The lowest BCUT2D eigenvalue weighted by Gasteiger charge is -2.06. The Morgan fingerprint density at radius 2 is 2.24 bits per heavy atom. The molecule has 1 aliphatic rings. The number of nitrogens with zero attached hydrogens (tertiary/aromatic N) is 4. The summed E-state index contributed by atoms with van der Waals surface area (Å²) < 4.78 is 6.83. The van der Waals surface area contributed by atoms with Gasteiger partial charge < -0.3 is 4.74 Å². The molecule has 1 atom stereocenters. The number of ether oxygens (including phenoxy) is 1. The van der Waals surface area contributed by atoms with Gasteiger partial charge in [-0.2, -0.15) is 0 Å². The van der Waals surface area contributed by atoms with Gasteiger partial charge in [-0.05, 0) is 25.0 Å². The van der Waals surface area contributed by atoms with Crippen molar-refractivity contribution in [3.05, 3.63) is 46.0 Å². The fourth-order valence-electron chi connectivity index (χ4n) is 2.72. The predicted molar refractivity (Wildman–Crippen MR) is 92.5 cm³/mol. The molecule has 8 nitrogen and oxygen atoms in total. The third kappa shape index (κ3) is 3.28. The van der Waals surface area contributed by atoms with Crippen LogP contribution in [0.1, 0.15) is 24.0 Å². The molecule has 4 rings (SSSR count). The maximum atomic E-state index is 12.4. The summed E-state index contributed by atoms with van der Waals surface area (Å²) >= 11 is 1.29. The number of hydrogen-bond acceptors (Lipinski definition) is 7. The first kappa shape index (κ1) is 15.9. The fourth-order valence-corrected chi connectivity index (χ4v) is 3.56. The molecule has 1 saturated heterocycles. The molecule has 1 amide bonds. The Kier molecular flexibility index (Phi) is 4.24. The SMILES string of the molecule is O=C(Cn1cnc2ccccc2c1=O)Nc1nnc([C@H]2CCCO2)s1. The number of aromatic nitrogens is 4. The Morgan fingerprint density at radius 1 is 1.36 bits per heavy atom. The van der Waals surface area contributed by atoms with E-state index in [1.165, 1.54) is 22.2 Å². The third-order valence-corrected chi connectivity index (χ3v) is 4.87. The Morgan fingerprint density at radius 3 is 3.08 bits per heavy atom. The average molecular weight is 357 g/mol. The zero-order valence-corrected chi connectivity index (χ0v) is 14.0. The highest BCUT2D eigenvalue weighted by atomic mass is 32.1. The van der Waals surface area contributed by atoms with Crippen molar-refractivity contribution in [1.29, 1.82) is 0 Å². The molecule has 0 saturated carbocycles. The maximum absolute atomic E-state index is 12.4. The molecule has 1 fully saturated rings. The predicted octanol–water partition coefficient (Wildman–Crippen LogP) is 1.74. The molecule has 0 spiro atoms. The zero-order valence-electron chi connectivity index (χ0n) is 13.2. The third-order valence-electron chi connectivity index (χ3n) is 3.94. The van der Waals surface area contributed by atoms with Gasteiger partial charge in [-0.3, -0.25) is 19.5 Å². The summed E-state index contributed by atoms with van der Waals surface area (Å²) in [5.74, 6) is -0.353. The van der Waals surface area contributed by atoms with Crippen LogP contribution in [-0.4, -0.2) is 32.3 Å². The van der Waals surface area contributed by atoms with Crippen molar-refractivity contribution < 1.29 is 9.53 Å². The van der Waals surface area contributed by atoms with Crippen LogP contribution in [0.2, 0.25) is 0 Å². The fraction of sp³-hybridized carbons (Fsp3) is 0.312. The van der Waals surface area contributed by atoms with E-state index in [2.05, 4.69) is 20.5 Å². The summed E-state index contributed by atoms with van der Waals surface area (Å²) in [6.45, 7) is 0.593. The molecule has 128 valence electrons. The number of carbonyl (C=O) groups is 1. The minimum Gasteiger partial charge on any atom is -0.371 e. The van der Waals surface area contributed by atoms with Gasteiger partial charge in [0.25, 0.3) is 5.56 Å². The maximum Gasteiger partial charge on any atom is 0.261 e. The number of amides is 1. The van der Waals surface area contributed by atoms with Crippen molar-refractivity contribution in [1.82, 2.24) is 19.7 Å². The van der Waals surface area contributed by atoms with Crippen molar-refractivity contribution in [3.63, 3.8) is 0 Å². The second-order valence-electron chi connectivity index (χ2n) is 5.69. The van der Waals surface area contributed by atoms with Crippen molar-refractivity contribution in [3.8, 4) is 0 Å². The zero-order chi connectivity index (χ0) is 17.2. The highest BCUT2D eigenvalue weighted by molar-refractivity contribution is 7.15. The molecule has 3 heterocycles. The van der Waals surface area contributed by atoms with Crippen LogP contribution in [0.15, 0.2) is 35.4 Å². The Hall–Kier alpha value is -2.65. The van der Waals surface area contributed by atoms with Crippen LogP contribution in [0.3, 0.4) is 0 Å². The van der Waals surface area contributed by atoms with Gasteiger partial charge in [-0.1, -0.05) is 23.5 Å². The molecule has 1 aliphatic heterocycles. The summed E-state index contributed by atoms with van der Waals surface area (Å²) in [6, 6.07) is 7.03. The second kappa shape index (κ2) is 6.69. The summed E-state index contributed by atoms with van der Waals surface area (Å²) in [7, 11) is 0. The molecule has 0 bridgehead atoms. The first-order valence-corrected chi connectivity index (χ1v) is 8.71. The molecule has 1 N–H and O–H groups in total. The molecule has 1 aromatic carbocycles. The van der Waals surface area contributed by atoms with E-state index >= 15 is 0 Å². The quantitative estimate of drug-likeness (QED) is 0.763. The van der Waals surface area contributed by atoms with E-state index in [4.69, 9.17) is 4.74 Å². The van der Waals surface area contributed by atoms with Crippen molar-refractivity contribution in [2.45, 2.75) is 25.5 Å². The summed E-state index contributed by atoms with van der Waals surface area (Å²) in [5, 5.41) is 12.3. The normalized spacial score (nSPS) is 17.0. The first-order valence-electron chi connectivity index (χ1n) is 7.90. The molecular weight excluding hydrogens is 342 g/mol. The van der Waals surface area contributed by atoms with E-state index in [-0.39, 0.29) is 24.1 Å². The van der Waals surface area contributed by atoms with Gasteiger partial charge in [0.15, 0.2) is 0 Å². The van der Waals surface area contributed by atoms with Crippen molar-refractivity contribution in [2.75, 3.05) is 11.9 Å². The lowest BCUT2D eigenvalue weighted by atomic mass is 10.2. The van der Waals surface area contributed by atoms with E-state index in [0.717, 1.165) is 24.5 Å². The molecule has 0 aliphatic carbocycles. The molecule has 2 aromatic heterocycles. The second-order valence-corrected chi connectivity index (χ2v) is 6.70. The Balaban J connectivity index is 1.47. The van der Waals surface area contributed by atoms with E-state index in [0.29, 0.717) is 16.0 Å². The molecule has 0 unspecified atom stereocenters. The van der Waals surface area contributed by atoms with Crippen LogP contribution < -0.4 is 10.9 Å². The smallest absolute Gasteiger partial charge is 0.261 e. The molecule has 3 aromatic rings. The van der Waals surface area contributed by atoms with E-state index in [1.807, 2.05) is 6.07 Å². The molecule has 9 heteroatoms. The van der Waals surface area contributed by atoms with E-state index in [1.54, 1.807) is 18.2 Å². The number of carbonyl (C=O) groups excluding carboxylic acids is 1. The lowest BCUT2D eigenvalue weighted by molar-refractivity contribution is -0.116. The van der Waals surface area contributed by atoms with Crippen molar-refractivity contribution >= 4 is 33.3 Å². The van der Waals surface area contributed by atoms with E-state index in [9.17, 15) is 9.59 Å². The highest BCUT2D eigenvalue weighted by Gasteiger charge is 2.22. The highest BCUT2D eigenvalue weighted by Crippen LogP contribution is 2.31. The van der Waals surface area contributed by atoms with Crippen LogP contribution >= 0.6 is 11.3 Å². The summed E-state index contributed by atoms with van der Waals surface area (Å²) in [6.07, 6.45) is 3.27. The van der Waals surface area contributed by atoms with Crippen LogP contribution in [-0.2, 0) is 16.1 Å². The minimum atomic E-state index is -0.353. The van der Waals surface area contributed by atoms with E-state index < -0.39 is 0 Å². The number of para-hydroxylation sites is 1. The van der Waals surface area contributed by atoms with Gasteiger partial charge in [0.1, 0.15) is 17.7 Å². The lowest BCUT2D eigenvalue weighted by Crippen LogP contribution is -2.27. The minimum absolute atomic E-state index is 0.0320. The van der Waals surface area contributed by atoms with Crippen LogP contribution in [0.5, 0.6) is 0 Å². The van der Waals surface area contributed by atoms with Gasteiger partial charge >= 0.3 is 0 Å². The van der Waals surface area contributed by atoms with Gasteiger partial charge in [-0.25, -0.2) is 4.98 Å². The van der Waals surface area contributed by atoms with Gasteiger partial charge in [0.05, 0.1) is 17.2 Å². The molecule has 25 heavy (non-hydrogen) atoms. The largest absolute Gasteiger partial charge is 0.371 e. The average Bonchev–Trinajstić information content (AvgIpc) is 3.29. The van der Waals surface area contributed by atoms with Crippen LogP contribution in [0.25, 0.3) is 10.9 Å².